The molecule has 0 aromatic heterocycles. The SMILES string of the molecule is CCC1(CC)CN(c2cc(Br)ccc2Br)C(C(C)C)CN1. The van der Waals surface area contributed by atoms with Gasteiger partial charge in [-0.25, -0.2) is 0 Å². The highest BCUT2D eigenvalue weighted by Gasteiger charge is 2.38. The zero-order valence-electron chi connectivity index (χ0n) is 13.4. The molecular formula is C17H26Br2N2. The Bertz CT molecular complexity index is 484. The van der Waals surface area contributed by atoms with Crippen LogP contribution in [0.15, 0.2) is 27.1 Å². The zero-order chi connectivity index (χ0) is 15.6. The molecule has 21 heavy (non-hydrogen) atoms. The number of nitrogens with one attached hydrogen (secondary N) is 1. The Labute approximate surface area is 145 Å². The second-order valence-corrected chi connectivity index (χ2v) is 8.17. The second kappa shape index (κ2) is 7.01. The van der Waals surface area contributed by atoms with Gasteiger partial charge in [-0.3, -0.25) is 0 Å². The molecule has 2 rings (SSSR count). The molecule has 2 nitrogen and oxygen atoms in total. The van der Waals surface area contributed by atoms with Crippen LogP contribution in [0, 0.1) is 5.92 Å². The summed E-state index contributed by atoms with van der Waals surface area (Å²) in [6, 6.07) is 6.99. The van der Waals surface area contributed by atoms with Crippen molar-refractivity contribution in [3.63, 3.8) is 0 Å². The number of benzene rings is 1. The monoisotopic (exact) mass is 416 g/mol. The Balaban J connectivity index is 2.40. The fourth-order valence-corrected chi connectivity index (χ4v) is 4.04. The van der Waals surface area contributed by atoms with Crippen molar-refractivity contribution in [1.82, 2.24) is 5.32 Å². The minimum atomic E-state index is 0.229. The number of anilines is 1. The number of rotatable bonds is 4. The van der Waals surface area contributed by atoms with Gasteiger partial charge >= 0.3 is 0 Å². The fraction of sp³-hybridized carbons (Fsp3) is 0.647. The van der Waals surface area contributed by atoms with Crippen LogP contribution in [0.3, 0.4) is 0 Å². The van der Waals surface area contributed by atoms with E-state index in [0.717, 1.165) is 30.4 Å². The van der Waals surface area contributed by atoms with E-state index in [-0.39, 0.29) is 5.54 Å². The number of nitrogens with zero attached hydrogens (tertiary/aromatic N) is 1. The summed E-state index contributed by atoms with van der Waals surface area (Å²) in [6.07, 6.45) is 2.33. The van der Waals surface area contributed by atoms with Crippen molar-refractivity contribution in [2.75, 3.05) is 18.0 Å². The molecule has 0 bridgehead atoms. The average molecular weight is 418 g/mol. The van der Waals surface area contributed by atoms with Gasteiger partial charge in [-0.05, 0) is 52.9 Å². The van der Waals surface area contributed by atoms with Gasteiger partial charge in [0.2, 0.25) is 0 Å². The number of hydrogen-bond acceptors (Lipinski definition) is 2. The maximum Gasteiger partial charge on any atom is 0.0525 e. The van der Waals surface area contributed by atoms with E-state index in [1.165, 1.54) is 10.2 Å². The molecule has 1 heterocycles. The van der Waals surface area contributed by atoms with E-state index >= 15 is 0 Å². The van der Waals surface area contributed by atoms with E-state index in [1.54, 1.807) is 0 Å². The van der Waals surface area contributed by atoms with Crippen LogP contribution < -0.4 is 10.2 Å². The summed E-state index contributed by atoms with van der Waals surface area (Å²) in [5.74, 6) is 0.620. The minimum absolute atomic E-state index is 0.229. The highest BCUT2D eigenvalue weighted by molar-refractivity contribution is 9.11. The van der Waals surface area contributed by atoms with Crippen LogP contribution in [-0.4, -0.2) is 24.7 Å². The van der Waals surface area contributed by atoms with Crippen molar-refractivity contribution >= 4 is 37.5 Å². The summed E-state index contributed by atoms with van der Waals surface area (Å²) in [4.78, 5) is 2.60. The number of halogens is 2. The van der Waals surface area contributed by atoms with Gasteiger partial charge in [0.05, 0.1) is 5.69 Å². The Kier molecular flexibility index (Phi) is 5.77. The summed E-state index contributed by atoms with van der Waals surface area (Å²) >= 11 is 7.36. The maximum atomic E-state index is 3.83. The van der Waals surface area contributed by atoms with Crippen LogP contribution in [0.5, 0.6) is 0 Å². The Morgan fingerprint density at radius 2 is 1.95 bits per heavy atom. The number of hydrogen-bond donors (Lipinski definition) is 1. The second-order valence-electron chi connectivity index (χ2n) is 6.40. The predicted octanol–water partition coefficient (Wildman–Crippen LogP) is 5.20. The first-order valence-corrected chi connectivity index (χ1v) is 9.47. The molecule has 1 aromatic rings. The van der Waals surface area contributed by atoms with E-state index in [9.17, 15) is 0 Å². The molecule has 0 spiro atoms. The van der Waals surface area contributed by atoms with Crippen LogP contribution in [0.25, 0.3) is 0 Å². The van der Waals surface area contributed by atoms with E-state index in [0.29, 0.717) is 12.0 Å². The molecule has 1 aliphatic rings. The summed E-state index contributed by atoms with van der Waals surface area (Å²) < 4.78 is 2.32. The van der Waals surface area contributed by atoms with Crippen molar-refractivity contribution < 1.29 is 0 Å². The third kappa shape index (κ3) is 3.65. The van der Waals surface area contributed by atoms with Gasteiger partial charge < -0.3 is 10.2 Å². The highest BCUT2D eigenvalue weighted by Crippen LogP contribution is 2.36. The molecular weight excluding hydrogens is 392 g/mol. The average Bonchev–Trinajstić information content (AvgIpc) is 2.49. The lowest BCUT2D eigenvalue weighted by atomic mass is 9.86. The molecule has 0 saturated carbocycles. The van der Waals surface area contributed by atoms with Gasteiger partial charge in [-0.2, -0.15) is 0 Å². The first-order chi connectivity index (χ1) is 9.92. The molecule has 1 aromatic carbocycles. The minimum Gasteiger partial charge on any atom is -0.364 e. The van der Waals surface area contributed by atoms with Crippen molar-refractivity contribution in [1.29, 1.82) is 0 Å². The van der Waals surface area contributed by atoms with Crippen molar-refractivity contribution in [2.45, 2.75) is 52.1 Å². The van der Waals surface area contributed by atoms with E-state index in [2.05, 4.69) is 88.0 Å². The van der Waals surface area contributed by atoms with E-state index in [4.69, 9.17) is 0 Å². The number of piperazine rings is 1. The van der Waals surface area contributed by atoms with Crippen molar-refractivity contribution in [3.8, 4) is 0 Å². The summed E-state index contributed by atoms with van der Waals surface area (Å²) in [7, 11) is 0. The molecule has 1 fully saturated rings. The van der Waals surface area contributed by atoms with Crippen LogP contribution >= 0.6 is 31.9 Å². The quantitative estimate of drug-likeness (QED) is 0.723. The van der Waals surface area contributed by atoms with Crippen LogP contribution in [0.4, 0.5) is 5.69 Å². The largest absolute Gasteiger partial charge is 0.364 e. The molecule has 0 aliphatic carbocycles. The summed E-state index contributed by atoms with van der Waals surface area (Å²) in [5, 5.41) is 3.83. The molecule has 118 valence electrons. The first kappa shape index (κ1) is 17.3. The smallest absolute Gasteiger partial charge is 0.0525 e. The Hall–Kier alpha value is -0.0600. The van der Waals surface area contributed by atoms with Gasteiger partial charge in [0.15, 0.2) is 0 Å². The third-order valence-corrected chi connectivity index (χ3v) is 6.06. The molecule has 4 heteroatoms. The van der Waals surface area contributed by atoms with Gasteiger partial charge in [0, 0.05) is 33.6 Å². The van der Waals surface area contributed by atoms with Gasteiger partial charge in [-0.15, -0.1) is 0 Å². The summed E-state index contributed by atoms with van der Waals surface area (Å²) in [6.45, 7) is 11.3. The third-order valence-electron chi connectivity index (χ3n) is 4.90. The normalized spacial score (nSPS) is 21.9. The maximum absolute atomic E-state index is 3.83. The van der Waals surface area contributed by atoms with E-state index < -0.39 is 0 Å². The lowest BCUT2D eigenvalue weighted by molar-refractivity contribution is 0.227. The predicted molar refractivity (Wildman–Crippen MR) is 99.1 cm³/mol. The Morgan fingerprint density at radius 3 is 2.52 bits per heavy atom. The van der Waals surface area contributed by atoms with Crippen LogP contribution in [-0.2, 0) is 0 Å². The topological polar surface area (TPSA) is 15.3 Å². The molecule has 1 N–H and O–H groups in total. The molecule has 0 radical (unpaired) electrons. The lowest BCUT2D eigenvalue weighted by Gasteiger charge is -2.50. The van der Waals surface area contributed by atoms with Gasteiger partial charge in [0.1, 0.15) is 0 Å². The Morgan fingerprint density at radius 1 is 1.29 bits per heavy atom. The standard InChI is InChI=1S/C17H26Br2N2/c1-5-17(6-2)11-21(16(10-20-17)12(3)4)15-9-13(18)7-8-14(15)19/h7-9,12,16,20H,5-6,10-11H2,1-4H3. The molecule has 0 amide bonds. The van der Waals surface area contributed by atoms with Crippen molar-refractivity contribution in [3.05, 3.63) is 27.1 Å². The van der Waals surface area contributed by atoms with Crippen LogP contribution in [0.1, 0.15) is 40.5 Å². The van der Waals surface area contributed by atoms with Gasteiger partial charge in [-0.1, -0.05) is 43.6 Å². The van der Waals surface area contributed by atoms with Crippen LogP contribution in [0.2, 0.25) is 0 Å². The van der Waals surface area contributed by atoms with Crippen molar-refractivity contribution in [2.24, 2.45) is 5.92 Å². The highest BCUT2D eigenvalue weighted by atomic mass is 79.9. The molecule has 1 atom stereocenters. The van der Waals surface area contributed by atoms with E-state index in [1.807, 2.05) is 0 Å². The summed E-state index contributed by atoms with van der Waals surface area (Å²) in [5.41, 5.74) is 1.53. The molecule has 1 unspecified atom stereocenters. The molecule has 1 aliphatic heterocycles. The molecule has 1 saturated heterocycles. The van der Waals surface area contributed by atoms with Gasteiger partial charge in [0.25, 0.3) is 0 Å². The fourth-order valence-electron chi connectivity index (χ4n) is 3.22. The zero-order valence-corrected chi connectivity index (χ0v) is 16.6. The lowest BCUT2D eigenvalue weighted by Crippen LogP contribution is -2.65. The first-order valence-electron chi connectivity index (χ1n) is 7.89.